The van der Waals surface area contributed by atoms with Gasteiger partial charge in [0.05, 0.1) is 6.54 Å². The van der Waals surface area contributed by atoms with Crippen molar-refractivity contribution >= 4 is 6.01 Å². The normalized spacial score (nSPS) is 16.2. The number of anilines is 1. The third kappa shape index (κ3) is 4.00. The van der Waals surface area contributed by atoms with Gasteiger partial charge in [-0.1, -0.05) is 25.9 Å². The fraction of sp³-hybridized carbons (Fsp3) is 0.833. The van der Waals surface area contributed by atoms with Gasteiger partial charge in [0.25, 0.3) is 0 Å². The molecule has 1 saturated carbocycles. The highest BCUT2D eigenvalue weighted by Gasteiger charge is 2.21. The molecule has 1 aliphatic rings. The smallest absolute Gasteiger partial charge is 0.315 e. The Morgan fingerprint density at radius 3 is 2.76 bits per heavy atom. The third-order valence-corrected chi connectivity index (χ3v) is 3.26. The highest BCUT2D eigenvalue weighted by Crippen LogP contribution is 2.21. The van der Waals surface area contributed by atoms with Gasteiger partial charge in [0, 0.05) is 12.6 Å². The monoisotopic (exact) mass is 238 g/mol. The van der Waals surface area contributed by atoms with Crippen LogP contribution in [0.2, 0.25) is 0 Å². The molecule has 0 atom stereocenters. The first kappa shape index (κ1) is 12.4. The maximum absolute atomic E-state index is 5.51. The van der Waals surface area contributed by atoms with Crippen molar-refractivity contribution in [1.82, 2.24) is 15.5 Å². The molecule has 0 aromatic carbocycles. The highest BCUT2D eigenvalue weighted by atomic mass is 16.4. The average Bonchev–Trinajstić information content (AvgIpc) is 3.03. The molecule has 2 rings (SSSR count). The zero-order chi connectivity index (χ0) is 12.3. The molecule has 1 aromatic rings. The van der Waals surface area contributed by atoms with Gasteiger partial charge < -0.3 is 15.1 Å². The maximum atomic E-state index is 5.51. The Balaban J connectivity index is 1.76. The van der Waals surface area contributed by atoms with E-state index in [0.29, 0.717) is 24.5 Å². The fourth-order valence-corrected chi connectivity index (χ4v) is 1.36. The van der Waals surface area contributed by atoms with Gasteiger partial charge in [0.15, 0.2) is 0 Å². The summed E-state index contributed by atoms with van der Waals surface area (Å²) >= 11 is 0. The molecule has 5 heteroatoms. The van der Waals surface area contributed by atoms with Crippen LogP contribution in [0, 0.1) is 5.41 Å². The van der Waals surface area contributed by atoms with Gasteiger partial charge >= 0.3 is 6.01 Å². The molecular formula is C12H22N4O. The van der Waals surface area contributed by atoms with E-state index in [9.17, 15) is 0 Å². The van der Waals surface area contributed by atoms with Crippen molar-refractivity contribution in [2.75, 3.05) is 11.9 Å². The van der Waals surface area contributed by atoms with Crippen LogP contribution >= 0.6 is 0 Å². The molecule has 1 aliphatic carbocycles. The van der Waals surface area contributed by atoms with Crippen LogP contribution < -0.4 is 10.6 Å². The van der Waals surface area contributed by atoms with Crippen molar-refractivity contribution in [2.24, 2.45) is 5.41 Å². The van der Waals surface area contributed by atoms with Gasteiger partial charge in [-0.05, 0) is 24.7 Å². The second-order valence-electron chi connectivity index (χ2n) is 5.53. The van der Waals surface area contributed by atoms with E-state index in [4.69, 9.17) is 4.42 Å². The summed E-state index contributed by atoms with van der Waals surface area (Å²) in [5, 5.41) is 14.5. The van der Waals surface area contributed by atoms with E-state index >= 15 is 0 Å². The highest BCUT2D eigenvalue weighted by molar-refractivity contribution is 5.17. The lowest BCUT2D eigenvalue weighted by molar-refractivity contribution is 0.370. The van der Waals surface area contributed by atoms with Crippen LogP contribution in [-0.2, 0) is 6.54 Å². The number of hydrogen-bond donors (Lipinski definition) is 2. The van der Waals surface area contributed by atoms with Crippen LogP contribution in [0.4, 0.5) is 6.01 Å². The first-order valence-electron chi connectivity index (χ1n) is 6.39. The average molecular weight is 238 g/mol. The first-order valence-corrected chi connectivity index (χ1v) is 6.39. The molecule has 0 radical (unpaired) electrons. The Labute approximate surface area is 102 Å². The zero-order valence-electron chi connectivity index (χ0n) is 10.9. The molecule has 0 unspecified atom stereocenters. The molecule has 0 amide bonds. The van der Waals surface area contributed by atoms with Crippen LogP contribution in [0.15, 0.2) is 4.42 Å². The van der Waals surface area contributed by atoms with E-state index in [1.807, 2.05) is 0 Å². The second kappa shape index (κ2) is 5.04. The van der Waals surface area contributed by atoms with Gasteiger partial charge in [-0.25, -0.2) is 0 Å². The zero-order valence-corrected chi connectivity index (χ0v) is 10.9. The van der Waals surface area contributed by atoms with Crippen LogP contribution in [-0.4, -0.2) is 22.8 Å². The molecule has 1 aromatic heterocycles. The van der Waals surface area contributed by atoms with Crippen molar-refractivity contribution < 1.29 is 4.42 Å². The Morgan fingerprint density at radius 2 is 2.12 bits per heavy atom. The van der Waals surface area contributed by atoms with Gasteiger partial charge in [-0.3, -0.25) is 0 Å². The van der Waals surface area contributed by atoms with E-state index in [0.717, 1.165) is 13.0 Å². The van der Waals surface area contributed by atoms with Gasteiger partial charge in [-0.2, -0.15) is 0 Å². The Kier molecular flexibility index (Phi) is 3.66. The van der Waals surface area contributed by atoms with Crippen LogP contribution in [0.3, 0.4) is 0 Å². The van der Waals surface area contributed by atoms with Crippen molar-refractivity contribution in [3.05, 3.63) is 5.89 Å². The number of aromatic nitrogens is 2. The molecule has 96 valence electrons. The molecular weight excluding hydrogens is 216 g/mol. The minimum Gasteiger partial charge on any atom is -0.407 e. The molecule has 1 heterocycles. The Bertz CT molecular complexity index is 357. The van der Waals surface area contributed by atoms with E-state index in [2.05, 4.69) is 41.6 Å². The standard InChI is InChI=1S/C12H22N4O/c1-4-12(2,3)8-14-11-16-15-10(17-11)7-13-9-5-6-9/h9,13H,4-8H2,1-3H3,(H,14,16). The SMILES string of the molecule is CCC(C)(C)CNc1nnc(CNC2CC2)o1. The fourth-order valence-electron chi connectivity index (χ4n) is 1.36. The predicted octanol–water partition coefficient (Wildman–Crippen LogP) is 2.17. The molecule has 0 spiro atoms. The molecule has 17 heavy (non-hydrogen) atoms. The van der Waals surface area contributed by atoms with E-state index < -0.39 is 0 Å². The topological polar surface area (TPSA) is 63.0 Å². The summed E-state index contributed by atoms with van der Waals surface area (Å²) < 4.78 is 5.51. The van der Waals surface area contributed by atoms with Gasteiger partial charge in [-0.15, -0.1) is 5.10 Å². The first-order chi connectivity index (χ1) is 8.09. The van der Waals surface area contributed by atoms with Gasteiger partial charge in [0.1, 0.15) is 0 Å². The second-order valence-corrected chi connectivity index (χ2v) is 5.53. The maximum Gasteiger partial charge on any atom is 0.315 e. The summed E-state index contributed by atoms with van der Waals surface area (Å²) in [5.74, 6) is 0.661. The molecule has 5 nitrogen and oxygen atoms in total. The van der Waals surface area contributed by atoms with E-state index in [1.54, 1.807) is 0 Å². The molecule has 0 saturated heterocycles. The summed E-state index contributed by atoms with van der Waals surface area (Å²) in [6.07, 6.45) is 3.65. The van der Waals surface area contributed by atoms with Crippen LogP contribution in [0.25, 0.3) is 0 Å². The lowest BCUT2D eigenvalue weighted by Crippen LogP contribution is -2.22. The lowest BCUT2D eigenvalue weighted by atomic mass is 9.90. The summed E-state index contributed by atoms with van der Waals surface area (Å²) in [6, 6.07) is 1.19. The van der Waals surface area contributed by atoms with E-state index in [1.165, 1.54) is 12.8 Å². The third-order valence-electron chi connectivity index (χ3n) is 3.26. The molecule has 0 aliphatic heterocycles. The van der Waals surface area contributed by atoms with Crippen LogP contribution in [0.5, 0.6) is 0 Å². The predicted molar refractivity (Wildman–Crippen MR) is 66.7 cm³/mol. The van der Waals surface area contributed by atoms with Crippen molar-refractivity contribution in [3.63, 3.8) is 0 Å². The lowest BCUT2D eigenvalue weighted by Gasteiger charge is -2.21. The van der Waals surface area contributed by atoms with Crippen LogP contribution in [0.1, 0.15) is 45.9 Å². The molecule has 0 bridgehead atoms. The largest absolute Gasteiger partial charge is 0.407 e. The molecule has 2 N–H and O–H groups in total. The quantitative estimate of drug-likeness (QED) is 0.762. The summed E-state index contributed by atoms with van der Waals surface area (Å²) in [7, 11) is 0. The summed E-state index contributed by atoms with van der Waals surface area (Å²) in [4.78, 5) is 0. The molecule has 1 fully saturated rings. The summed E-state index contributed by atoms with van der Waals surface area (Å²) in [5.41, 5.74) is 0.251. The van der Waals surface area contributed by atoms with Gasteiger partial charge in [0.2, 0.25) is 5.89 Å². The Morgan fingerprint density at radius 1 is 1.35 bits per heavy atom. The van der Waals surface area contributed by atoms with E-state index in [-0.39, 0.29) is 5.41 Å². The minimum absolute atomic E-state index is 0.251. The number of nitrogens with one attached hydrogen (secondary N) is 2. The van der Waals surface area contributed by atoms with Crippen molar-refractivity contribution in [2.45, 2.75) is 52.6 Å². The number of hydrogen-bond acceptors (Lipinski definition) is 5. The number of rotatable bonds is 7. The number of nitrogens with zero attached hydrogens (tertiary/aromatic N) is 2. The Hall–Kier alpha value is -1.10. The minimum atomic E-state index is 0.251. The summed E-state index contributed by atoms with van der Waals surface area (Å²) in [6.45, 7) is 8.13. The van der Waals surface area contributed by atoms with Crippen molar-refractivity contribution in [1.29, 1.82) is 0 Å². The van der Waals surface area contributed by atoms with Crippen molar-refractivity contribution in [3.8, 4) is 0 Å².